The third-order valence-corrected chi connectivity index (χ3v) is 2.28. The number of nitrogens with one attached hydrogen (secondary N) is 1. The van der Waals surface area contributed by atoms with Gasteiger partial charge in [-0.05, 0) is 17.7 Å². The summed E-state index contributed by atoms with van der Waals surface area (Å²) in [5, 5.41) is 2.71. The molecule has 1 aromatic carbocycles. The molecule has 0 aliphatic carbocycles. The number of halogens is 1. The minimum absolute atomic E-state index is 0. The fraction of sp³-hybridized carbons (Fsp3) is 0.417. The van der Waals surface area contributed by atoms with Crippen LogP contribution in [0, 0.1) is 0 Å². The molecule has 0 unspecified atom stereocenters. The molecule has 102 valence electrons. The van der Waals surface area contributed by atoms with E-state index in [0.29, 0.717) is 31.0 Å². The highest BCUT2D eigenvalue weighted by Gasteiger charge is 2.07. The summed E-state index contributed by atoms with van der Waals surface area (Å²) in [6.07, 6.45) is 0.306. The topological polar surface area (TPSA) is 73.6 Å². The maximum atomic E-state index is 11.5. The molecule has 0 heterocycles. The summed E-state index contributed by atoms with van der Waals surface area (Å²) in [6.45, 7) is 0.934. The second kappa shape index (κ2) is 8.60. The van der Waals surface area contributed by atoms with Crippen LogP contribution in [-0.2, 0) is 11.2 Å². The van der Waals surface area contributed by atoms with Gasteiger partial charge in [0, 0.05) is 13.1 Å². The van der Waals surface area contributed by atoms with Crippen molar-refractivity contribution in [3.05, 3.63) is 23.8 Å². The molecular formula is C12H19ClN2O3. The number of methoxy groups -OCH3 is 2. The summed E-state index contributed by atoms with van der Waals surface area (Å²) in [7, 11) is 3.14. The van der Waals surface area contributed by atoms with Crippen LogP contribution >= 0.6 is 12.4 Å². The van der Waals surface area contributed by atoms with Gasteiger partial charge in [0.1, 0.15) is 0 Å². The maximum Gasteiger partial charge on any atom is 0.224 e. The van der Waals surface area contributed by atoms with Gasteiger partial charge in [0.2, 0.25) is 5.91 Å². The summed E-state index contributed by atoms with van der Waals surface area (Å²) in [6, 6.07) is 5.41. The average molecular weight is 275 g/mol. The Morgan fingerprint density at radius 1 is 1.28 bits per heavy atom. The van der Waals surface area contributed by atoms with Crippen LogP contribution in [0.1, 0.15) is 5.56 Å². The fourth-order valence-corrected chi connectivity index (χ4v) is 1.45. The molecule has 0 saturated heterocycles. The normalized spacial score (nSPS) is 9.28. The smallest absolute Gasteiger partial charge is 0.224 e. The van der Waals surface area contributed by atoms with Crippen LogP contribution in [0.2, 0.25) is 0 Å². The van der Waals surface area contributed by atoms with Gasteiger partial charge in [-0.1, -0.05) is 6.07 Å². The SMILES string of the molecule is COc1ccc(CC(=O)NCCN)cc1OC.Cl. The summed E-state index contributed by atoms with van der Waals surface area (Å²) in [4.78, 5) is 11.5. The first-order valence-corrected chi connectivity index (χ1v) is 5.39. The number of carbonyl (C=O) groups excluding carboxylic acids is 1. The monoisotopic (exact) mass is 274 g/mol. The molecule has 0 fully saturated rings. The molecule has 0 atom stereocenters. The lowest BCUT2D eigenvalue weighted by molar-refractivity contribution is -0.120. The van der Waals surface area contributed by atoms with Crippen molar-refractivity contribution < 1.29 is 14.3 Å². The van der Waals surface area contributed by atoms with Crippen molar-refractivity contribution in [2.45, 2.75) is 6.42 Å². The molecule has 1 amide bonds. The highest BCUT2D eigenvalue weighted by atomic mass is 35.5. The summed E-state index contributed by atoms with van der Waals surface area (Å²) in [5.41, 5.74) is 6.17. The zero-order valence-electron chi connectivity index (χ0n) is 10.6. The van der Waals surface area contributed by atoms with E-state index in [1.165, 1.54) is 0 Å². The minimum Gasteiger partial charge on any atom is -0.493 e. The van der Waals surface area contributed by atoms with Crippen LogP contribution < -0.4 is 20.5 Å². The number of hydrogen-bond donors (Lipinski definition) is 2. The van der Waals surface area contributed by atoms with Crippen molar-refractivity contribution in [3.63, 3.8) is 0 Å². The fourth-order valence-electron chi connectivity index (χ4n) is 1.45. The number of benzene rings is 1. The molecule has 1 aromatic rings. The molecule has 5 nitrogen and oxygen atoms in total. The highest BCUT2D eigenvalue weighted by Crippen LogP contribution is 2.27. The third kappa shape index (κ3) is 4.81. The minimum atomic E-state index is -0.0531. The van der Waals surface area contributed by atoms with Crippen molar-refractivity contribution in [1.29, 1.82) is 0 Å². The Morgan fingerprint density at radius 2 is 1.94 bits per heavy atom. The third-order valence-electron chi connectivity index (χ3n) is 2.28. The molecule has 3 N–H and O–H groups in total. The van der Waals surface area contributed by atoms with Gasteiger partial charge in [-0.25, -0.2) is 0 Å². The Hall–Kier alpha value is -1.46. The molecule has 0 aromatic heterocycles. The van der Waals surface area contributed by atoms with Crippen molar-refractivity contribution in [2.24, 2.45) is 5.73 Å². The van der Waals surface area contributed by atoms with E-state index in [4.69, 9.17) is 15.2 Å². The largest absolute Gasteiger partial charge is 0.493 e. The Bertz CT molecular complexity index is 386. The van der Waals surface area contributed by atoms with E-state index in [2.05, 4.69) is 5.32 Å². The second-order valence-corrected chi connectivity index (χ2v) is 3.50. The highest BCUT2D eigenvalue weighted by molar-refractivity contribution is 5.85. The van der Waals surface area contributed by atoms with Gasteiger partial charge >= 0.3 is 0 Å². The number of nitrogens with two attached hydrogens (primary N) is 1. The number of hydrogen-bond acceptors (Lipinski definition) is 4. The van der Waals surface area contributed by atoms with Gasteiger partial charge in [0.25, 0.3) is 0 Å². The van der Waals surface area contributed by atoms with E-state index in [1.54, 1.807) is 26.4 Å². The van der Waals surface area contributed by atoms with Crippen LogP contribution in [0.5, 0.6) is 11.5 Å². The van der Waals surface area contributed by atoms with Gasteiger partial charge in [-0.15, -0.1) is 12.4 Å². The quantitative estimate of drug-likeness (QED) is 0.803. The lowest BCUT2D eigenvalue weighted by Gasteiger charge is -2.09. The van der Waals surface area contributed by atoms with E-state index in [1.807, 2.05) is 6.07 Å². The molecule has 0 bridgehead atoms. The first kappa shape index (κ1) is 16.5. The van der Waals surface area contributed by atoms with E-state index in [0.717, 1.165) is 5.56 Å². The van der Waals surface area contributed by atoms with Gasteiger partial charge in [0.15, 0.2) is 11.5 Å². The van der Waals surface area contributed by atoms with Crippen LogP contribution in [0.4, 0.5) is 0 Å². The van der Waals surface area contributed by atoms with E-state index >= 15 is 0 Å². The molecule has 0 saturated carbocycles. The summed E-state index contributed by atoms with van der Waals surface area (Å²) < 4.78 is 10.3. The van der Waals surface area contributed by atoms with E-state index in [9.17, 15) is 4.79 Å². The molecule has 0 aliphatic rings. The van der Waals surface area contributed by atoms with Crippen molar-refractivity contribution in [2.75, 3.05) is 27.3 Å². The number of ether oxygens (including phenoxy) is 2. The predicted octanol–water partition coefficient (Wildman–Crippen LogP) is 0.743. The zero-order chi connectivity index (χ0) is 12.7. The van der Waals surface area contributed by atoms with E-state index in [-0.39, 0.29) is 18.3 Å². The van der Waals surface area contributed by atoms with Crippen molar-refractivity contribution in [1.82, 2.24) is 5.32 Å². The average Bonchev–Trinajstić information content (AvgIpc) is 2.36. The lowest BCUT2D eigenvalue weighted by atomic mass is 10.1. The second-order valence-electron chi connectivity index (χ2n) is 3.50. The van der Waals surface area contributed by atoms with Gasteiger partial charge < -0.3 is 20.5 Å². The molecule has 0 radical (unpaired) electrons. The van der Waals surface area contributed by atoms with Crippen LogP contribution in [-0.4, -0.2) is 33.2 Å². The zero-order valence-corrected chi connectivity index (χ0v) is 11.4. The summed E-state index contributed by atoms with van der Waals surface area (Å²) in [5.74, 6) is 1.22. The van der Waals surface area contributed by atoms with Crippen molar-refractivity contribution >= 4 is 18.3 Å². The van der Waals surface area contributed by atoms with Gasteiger partial charge in [-0.2, -0.15) is 0 Å². The predicted molar refractivity (Wildman–Crippen MR) is 72.6 cm³/mol. The van der Waals surface area contributed by atoms with Crippen molar-refractivity contribution in [3.8, 4) is 11.5 Å². The summed E-state index contributed by atoms with van der Waals surface area (Å²) >= 11 is 0. The Morgan fingerprint density at radius 3 is 2.50 bits per heavy atom. The lowest BCUT2D eigenvalue weighted by Crippen LogP contribution is -2.30. The van der Waals surface area contributed by atoms with Crippen LogP contribution in [0.3, 0.4) is 0 Å². The molecule has 0 spiro atoms. The Balaban J connectivity index is 0.00000289. The van der Waals surface area contributed by atoms with Gasteiger partial charge in [-0.3, -0.25) is 4.79 Å². The molecular weight excluding hydrogens is 256 g/mol. The maximum absolute atomic E-state index is 11.5. The number of carbonyl (C=O) groups is 1. The van der Waals surface area contributed by atoms with Gasteiger partial charge in [0.05, 0.1) is 20.6 Å². The number of rotatable bonds is 6. The first-order valence-electron chi connectivity index (χ1n) is 5.39. The first-order chi connectivity index (χ1) is 8.21. The molecule has 1 rings (SSSR count). The number of amides is 1. The van der Waals surface area contributed by atoms with Crippen LogP contribution in [0.15, 0.2) is 18.2 Å². The molecule has 6 heteroatoms. The van der Waals surface area contributed by atoms with Crippen LogP contribution in [0.25, 0.3) is 0 Å². The van der Waals surface area contributed by atoms with E-state index < -0.39 is 0 Å². The molecule has 0 aliphatic heterocycles. The Kier molecular flexibility index (Phi) is 7.91. The Labute approximate surface area is 113 Å². The standard InChI is InChI=1S/C12H18N2O3.ClH/c1-16-10-4-3-9(7-11(10)17-2)8-12(15)14-6-5-13;/h3-4,7H,5-6,8,13H2,1-2H3,(H,14,15);1H. The molecule has 18 heavy (non-hydrogen) atoms.